The predicted octanol–water partition coefficient (Wildman–Crippen LogP) is 1.27. The molecule has 0 spiro atoms. The Balaban J connectivity index is 1.67. The average molecular weight is 311 g/mol. The summed E-state index contributed by atoms with van der Waals surface area (Å²) in [5.41, 5.74) is 5.60. The lowest BCUT2D eigenvalue weighted by Crippen LogP contribution is -2.42. The quantitative estimate of drug-likeness (QED) is 0.727. The molecule has 3 N–H and O–H groups in total. The second-order valence-electron chi connectivity index (χ2n) is 4.74. The molecule has 0 aromatic heterocycles. The largest absolute Gasteiger partial charge is 0.352 e. The minimum absolute atomic E-state index is 0.0631. The van der Waals surface area contributed by atoms with E-state index in [2.05, 4.69) is 16.2 Å². The molecular formula is C17H17N3O3. The fourth-order valence-electron chi connectivity index (χ4n) is 1.83. The van der Waals surface area contributed by atoms with Crippen molar-refractivity contribution in [3.05, 3.63) is 71.8 Å². The molecule has 0 bridgehead atoms. The zero-order valence-electron chi connectivity index (χ0n) is 12.4. The highest BCUT2D eigenvalue weighted by molar-refractivity contribution is 5.96. The van der Waals surface area contributed by atoms with Crippen LogP contribution in [0.3, 0.4) is 0 Å². The van der Waals surface area contributed by atoms with Gasteiger partial charge >= 0.3 is 0 Å². The van der Waals surface area contributed by atoms with E-state index in [0.717, 1.165) is 0 Å². The van der Waals surface area contributed by atoms with Crippen molar-refractivity contribution in [1.29, 1.82) is 0 Å². The van der Waals surface area contributed by atoms with Crippen LogP contribution in [0.4, 0.5) is 0 Å². The van der Waals surface area contributed by atoms with E-state index < -0.39 is 5.91 Å². The van der Waals surface area contributed by atoms with Crippen molar-refractivity contribution in [2.75, 3.05) is 6.54 Å². The average Bonchev–Trinajstić information content (AvgIpc) is 2.61. The smallest absolute Gasteiger partial charge is 0.269 e. The molecule has 118 valence electrons. The van der Waals surface area contributed by atoms with Crippen molar-refractivity contribution in [3.63, 3.8) is 0 Å². The van der Waals surface area contributed by atoms with Crippen LogP contribution < -0.4 is 16.2 Å². The first-order valence-corrected chi connectivity index (χ1v) is 7.14. The third kappa shape index (κ3) is 5.28. The number of hydrogen-bond donors (Lipinski definition) is 3. The van der Waals surface area contributed by atoms with Gasteiger partial charge in [0.05, 0.1) is 0 Å². The van der Waals surface area contributed by atoms with Crippen molar-refractivity contribution >= 4 is 17.7 Å². The SMILES string of the molecule is O=C(CCNC(=O)c1ccccc1)NNC(=O)c1ccccc1. The Labute approximate surface area is 133 Å². The standard InChI is InChI=1S/C17H17N3O3/c21-15(19-20-17(23)14-9-5-2-6-10-14)11-12-18-16(22)13-7-3-1-4-8-13/h1-10H,11-12H2,(H,18,22)(H,19,21)(H,20,23). The number of hydrogen-bond acceptors (Lipinski definition) is 3. The maximum Gasteiger partial charge on any atom is 0.269 e. The van der Waals surface area contributed by atoms with Crippen LogP contribution in [-0.4, -0.2) is 24.3 Å². The van der Waals surface area contributed by atoms with E-state index in [1.165, 1.54) is 0 Å². The Kier molecular flexibility index (Phi) is 5.88. The van der Waals surface area contributed by atoms with E-state index in [-0.39, 0.29) is 24.8 Å². The highest BCUT2D eigenvalue weighted by Gasteiger charge is 2.08. The van der Waals surface area contributed by atoms with Crippen LogP contribution in [-0.2, 0) is 4.79 Å². The first-order valence-electron chi connectivity index (χ1n) is 7.14. The molecule has 0 heterocycles. The summed E-state index contributed by atoms with van der Waals surface area (Å²) in [7, 11) is 0. The van der Waals surface area contributed by atoms with E-state index in [9.17, 15) is 14.4 Å². The zero-order valence-corrected chi connectivity index (χ0v) is 12.4. The topological polar surface area (TPSA) is 87.3 Å². The first kappa shape index (κ1) is 16.2. The van der Waals surface area contributed by atoms with Crippen molar-refractivity contribution in [2.24, 2.45) is 0 Å². The maximum atomic E-state index is 11.8. The molecule has 0 atom stereocenters. The van der Waals surface area contributed by atoms with E-state index in [4.69, 9.17) is 0 Å². The zero-order chi connectivity index (χ0) is 16.5. The number of benzene rings is 2. The van der Waals surface area contributed by atoms with Crippen LogP contribution in [0, 0.1) is 0 Å². The van der Waals surface area contributed by atoms with E-state index in [1.54, 1.807) is 54.6 Å². The summed E-state index contributed by atoms with van der Waals surface area (Å²) in [6.45, 7) is 0.181. The van der Waals surface area contributed by atoms with Gasteiger partial charge in [-0.2, -0.15) is 0 Å². The Morgan fingerprint density at radius 1 is 0.696 bits per heavy atom. The van der Waals surface area contributed by atoms with Gasteiger partial charge in [0.15, 0.2) is 0 Å². The van der Waals surface area contributed by atoms with Gasteiger partial charge in [0.2, 0.25) is 5.91 Å². The van der Waals surface area contributed by atoms with Crippen LogP contribution >= 0.6 is 0 Å². The van der Waals surface area contributed by atoms with Crippen LogP contribution in [0.15, 0.2) is 60.7 Å². The summed E-state index contributed by atoms with van der Waals surface area (Å²) in [6, 6.07) is 17.3. The van der Waals surface area contributed by atoms with Crippen LogP contribution in [0.5, 0.6) is 0 Å². The lowest BCUT2D eigenvalue weighted by Gasteiger charge is -2.08. The molecule has 2 aromatic carbocycles. The third-order valence-electron chi connectivity index (χ3n) is 3.03. The summed E-state index contributed by atoms with van der Waals surface area (Å²) in [6.07, 6.45) is 0.0631. The molecule has 3 amide bonds. The molecule has 23 heavy (non-hydrogen) atoms. The molecule has 0 aliphatic rings. The molecule has 0 aliphatic heterocycles. The van der Waals surface area contributed by atoms with Gasteiger partial charge in [-0.25, -0.2) is 0 Å². The van der Waals surface area contributed by atoms with Crippen LogP contribution in [0.2, 0.25) is 0 Å². The lowest BCUT2D eigenvalue weighted by atomic mass is 10.2. The maximum absolute atomic E-state index is 11.8. The summed E-state index contributed by atoms with van der Waals surface area (Å²) >= 11 is 0. The Hall–Kier alpha value is -3.15. The molecule has 0 fully saturated rings. The van der Waals surface area contributed by atoms with Gasteiger partial charge in [-0.05, 0) is 24.3 Å². The van der Waals surface area contributed by atoms with Crippen molar-refractivity contribution in [3.8, 4) is 0 Å². The predicted molar refractivity (Wildman–Crippen MR) is 85.4 cm³/mol. The molecular weight excluding hydrogens is 294 g/mol. The number of amides is 3. The first-order chi connectivity index (χ1) is 11.2. The second-order valence-corrected chi connectivity index (χ2v) is 4.74. The van der Waals surface area contributed by atoms with Gasteiger partial charge in [0.25, 0.3) is 11.8 Å². The molecule has 0 unspecified atom stereocenters. The molecule has 6 nitrogen and oxygen atoms in total. The Bertz CT molecular complexity index is 672. The van der Waals surface area contributed by atoms with E-state index >= 15 is 0 Å². The summed E-state index contributed by atoms with van der Waals surface area (Å²) in [5.74, 6) is -1.03. The van der Waals surface area contributed by atoms with Crippen molar-refractivity contribution < 1.29 is 14.4 Å². The monoisotopic (exact) mass is 311 g/mol. The number of carbonyl (C=O) groups excluding carboxylic acids is 3. The molecule has 0 saturated heterocycles. The number of hydrazine groups is 1. The summed E-state index contributed by atoms with van der Waals surface area (Å²) < 4.78 is 0. The molecule has 6 heteroatoms. The molecule has 0 radical (unpaired) electrons. The highest BCUT2D eigenvalue weighted by Crippen LogP contribution is 1.98. The molecule has 2 aromatic rings. The van der Waals surface area contributed by atoms with Gasteiger partial charge in [0, 0.05) is 24.1 Å². The molecule has 2 rings (SSSR count). The normalized spacial score (nSPS) is 9.74. The number of rotatable bonds is 5. The van der Waals surface area contributed by atoms with E-state index in [0.29, 0.717) is 11.1 Å². The number of carbonyl (C=O) groups is 3. The fraction of sp³-hybridized carbons (Fsp3) is 0.118. The van der Waals surface area contributed by atoms with Gasteiger partial charge in [0.1, 0.15) is 0 Å². The van der Waals surface area contributed by atoms with Gasteiger partial charge in [-0.1, -0.05) is 36.4 Å². The van der Waals surface area contributed by atoms with Crippen LogP contribution in [0.25, 0.3) is 0 Å². The van der Waals surface area contributed by atoms with Crippen molar-refractivity contribution in [1.82, 2.24) is 16.2 Å². The number of nitrogens with one attached hydrogen (secondary N) is 3. The minimum Gasteiger partial charge on any atom is -0.352 e. The van der Waals surface area contributed by atoms with Gasteiger partial charge in [-0.15, -0.1) is 0 Å². The second kappa shape index (κ2) is 8.33. The minimum atomic E-state index is -0.396. The molecule has 0 saturated carbocycles. The summed E-state index contributed by atoms with van der Waals surface area (Å²) in [4.78, 5) is 35.1. The van der Waals surface area contributed by atoms with Crippen LogP contribution in [0.1, 0.15) is 27.1 Å². The fourth-order valence-corrected chi connectivity index (χ4v) is 1.83. The lowest BCUT2D eigenvalue weighted by molar-refractivity contribution is -0.121. The molecule has 0 aliphatic carbocycles. The van der Waals surface area contributed by atoms with E-state index in [1.807, 2.05) is 6.07 Å². The Morgan fingerprint density at radius 3 is 1.78 bits per heavy atom. The highest BCUT2D eigenvalue weighted by atomic mass is 16.2. The van der Waals surface area contributed by atoms with Gasteiger partial charge < -0.3 is 5.32 Å². The van der Waals surface area contributed by atoms with Gasteiger partial charge in [-0.3, -0.25) is 25.2 Å². The third-order valence-corrected chi connectivity index (χ3v) is 3.03. The Morgan fingerprint density at radius 2 is 1.22 bits per heavy atom. The summed E-state index contributed by atoms with van der Waals surface area (Å²) in [5, 5.41) is 2.64. The van der Waals surface area contributed by atoms with Crippen molar-refractivity contribution in [2.45, 2.75) is 6.42 Å².